The molecular formula is C19H19N3O2S. The second-order valence-electron chi connectivity index (χ2n) is 6.41. The zero-order valence-electron chi connectivity index (χ0n) is 14.0. The first-order valence-corrected chi connectivity index (χ1v) is 9.08. The first-order valence-electron chi connectivity index (χ1n) is 8.27. The van der Waals surface area contributed by atoms with Gasteiger partial charge in [-0.25, -0.2) is 9.48 Å². The van der Waals surface area contributed by atoms with E-state index in [-0.39, 0.29) is 0 Å². The van der Waals surface area contributed by atoms with Crippen LogP contribution in [0.4, 0.5) is 0 Å². The Bertz CT molecular complexity index is 915. The monoisotopic (exact) mass is 353 g/mol. The summed E-state index contributed by atoms with van der Waals surface area (Å²) < 4.78 is 1.90. The zero-order chi connectivity index (χ0) is 17.4. The number of aryl methyl sites for hydroxylation is 1. The summed E-state index contributed by atoms with van der Waals surface area (Å²) >= 11 is 1.42. The van der Waals surface area contributed by atoms with E-state index >= 15 is 0 Å². The highest BCUT2D eigenvalue weighted by molar-refractivity contribution is 7.14. The molecular weight excluding hydrogens is 334 g/mol. The molecule has 25 heavy (non-hydrogen) atoms. The molecule has 1 aliphatic heterocycles. The molecule has 5 nitrogen and oxygen atoms in total. The molecule has 1 aliphatic rings. The fourth-order valence-electron chi connectivity index (χ4n) is 3.35. The van der Waals surface area contributed by atoms with Crippen molar-refractivity contribution in [3.8, 4) is 5.69 Å². The molecule has 0 atom stereocenters. The molecule has 0 fully saturated rings. The first-order chi connectivity index (χ1) is 12.1. The number of carboxylic acids is 1. The Morgan fingerprint density at radius 2 is 2.24 bits per heavy atom. The van der Waals surface area contributed by atoms with Gasteiger partial charge in [0.2, 0.25) is 0 Å². The van der Waals surface area contributed by atoms with Gasteiger partial charge in [0.25, 0.3) is 0 Å². The smallest absolute Gasteiger partial charge is 0.345 e. The third-order valence-corrected chi connectivity index (χ3v) is 5.76. The number of nitrogens with zero attached hydrogens (tertiary/aromatic N) is 3. The van der Waals surface area contributed by atoms with Crippen LogP contribution in [0.25, 0.3) is 5.69 Å². The van der Waals surface area contributed by atoms with Gasteiger partial charge in [-0.15, -0.1) is 11.3 Å². The number of hydrogen-bond acceptors (Lipinski definition) is 4. The van der Waals surface area contributed by atoms with Gasteiger partial charge in [0.05, 0.1) is 5.69 Å². The van der Waals surface area contributed by atoms with Crippen LogP contribution >= 0.6 is 11.3 Å². The zero-order valence-corrected chi connectivity index (χ0v) is 14.8. The molecule has 1 N–H and O–H groups in total. The van der Waals surface area contributed by atoms with E-state index in [1.54, 1.807) is 6.20 Å². The minimum atomic E-state index is -0.828. The van der Waals surface area contributed by atoms with Crippen molar-refractivity contribution in [2.24, 2.45) is 0 Å². The van der Waals surface area contributed by atoms with Crippen molar-refractivity contribution in [1.29, 1.82) is 0 Å². The number of thiophene rings is 1. The van der Waals surface area contributed by atoms with Gasteiger partial charge >= 0.3 is 5.97 Å². The summed E-state index contributed by atoms with van der Waals surface area (Å²) in [6.07, 6.45) is 4.66. The summed E-state index contributed by atoms with van der Waals surface area (Å²) in [6.45, 7) is 4.67. The number of hydrogen-bond donors (Lipinski definition) is 1. The van der Waals surface area contributed by atoms with Gasteiger partial charge in [-0.05, 0) is 42.7 Å². The highest BCUT2D eigenvalue weighted by atomic mass is 32.1. The highest BCUT2D eigenvalue weighted by Crippen LogP contribution is 2.29. The quantitative estimate of drug-likeness (QED) is 0.780. The maximum absolute atomic E-state index is 11.2. The van der Waals surface area contributed by atoms with Crippen LogP contribution in [0, 0.1) is 6.92 Å². The lowest BCUT2D eigenvalue weighted by atomic mass is 10.1. The first kappa shape index (κ1) is 16.1. The van der Waals surface area contributed by atoms with E-state index in [1.807, 2.05) is 23.0 Å². The third-order valence-electron chi connectivity index (χ3n) is 4.54. The maximum atomic E-state index is 11.2. The van der Waals surface area contributed by atoms with Crippen molar-refractivity contribution in [3.63, 3.8) is 0 Å². The minimum absolute atomic E-state index is 0.444. The average Bonchev–Trinajstić information content (AvgIpc) is 3.24. The van der Waals surface area contributed by atoms with Crippen molar-refractivity contribution in [1.82, 2.24) is 14.7 Å². The summed E-state index contributed by atoms with van der Waals surface area (Å²) in [6, 6.07) is 10.2. The van der Waals surface area contributed by atoms with E-state index in [4.69, 9.17) is 0 Å². The summed E-state index contributed by atoms with van der Waals surface area (Å²) in [5.41, 5.74) is 4.72. The molecule has 0 unspecified atom stereocenters. The van der Waals surface area contributed by atoms with Gasteiger partial charge < -0.3 is 5.11 Å². The number of carbonyl (C=O) groups is 1. The van der Waals surface area contributed by atoms with Crippen LogP contribution in [0.1, 0.15) is 31.2 Å². The third kappa shape index (κ3) is 3.23. The lowest BCUT2D eigenvalue weighted by Crippen LogP contribution is -2.29. The average molecular weight is 353 g/mol. The van der Waals surface area contributed by atoms with Gasteiger partial charge in [-0.3, -0.25) is 4.90 Å². The molecule has 3 heterocycles. The number of rotatable bonds is 4. The largest absolute Gasteiger partial charge is 0.477 e. The lowest BCUT2D eigenvalue weighted by Gasteiger charge is -2.27. The molecule has 0 saturated heterocycles. The fraction of sp³-hybridized carbons (Fsp3) is 0.263. The molecule has 6 heteroatoms. The van der Waals surface area contributed by atoms with E-state index < -0.39 is 5.97 Å². The number of aromatic carboxylic acids is 1. The molecule has 0 bridgehead atoms. The van der Waals surface area contributed by atoms with Crippen molar-refractivity contribution in [2.75, 3.05) is 6.54 Å². The van der Waals surface area contributed by atoms with E-state index in [0.29, 0.717) is 4.88 Å². The number of benzene rings is 1. The molecule has 2 aromatic heterocycles. The van der Waals surface area contributed by atoms with Crippen LogP contribution < -0.4 is 0 Å². The van der Waals surface area contributed by atoms with E-state index in [1.165, 1.54) is 27.3 Å². The molecule has 4 rings (SSSR count). The van der Waals surface area contributed by atoms with E-state index in [0.717, 1.165) is 37.3 Å². The second kappa shape index (κ2) is 6.46. The van der Waals surface area contributed by atoms with Gasteiger partial charge in [0.1, 0.15) is 4.88 Å². The predicted molar refractivity (Wildman–Crippen MR) is 97.4 cm³/mol. The number of aromatic nitrogens is 2. The normalized spacial score (nSPS) is 14.4. The van der Waals surface area contributed by atoms with E-state index in [2.05, 4.69) is 35.1 Å². The molecule has 1 aromatic carbocycles. The second-order valence-corrected chi connectivity index (χ2v) is 7.54. The lowest BCUT2D eigenvalue weighted by molar-refractivity contribution is 0.0702. The van der Waals surface area contributed by atoms with Crippen LogP contribution in [-0.4, -0.2) is 32.3 Å². The van der Waals surface area contributed by atoms with Crippen LogP contribution in [0.15, 0.2) is 42.7 Å². The molecule has 0 amide bonds. The molecule has 0 radical (unpaired) electrons. The fourth-order valence-corrected chi connectivity index (χ4v) is 4.35. The Morgan fingerprint density at radius 1 is 1.36 bits per heavy atom. The number of fused-ring (bicyclic) bond motifs is 1. The Morgan fingerprint density at radius 3 is 3.00 bits per heavy atom. The van der Waals surface area contributed by atoms with Crippen LogP contribution in [0.2, 0.25) is 0 Å². The summed E-state index contributed by atoms with van der Waals surface area (Å²) in [4.78, 5) is 15.2. The summed E-state index contributed by atoms with van der Waals surface area (Å²) in [7, 11) is 0. The van der Waals surface area contributed by atoms with Gasteiger partial charge in [0.15, 0.2) is 0 Å². The van der Waals surface area contributed by atoms with Gasteiger partial charge in [-0.2, -0.15) is 5.10 Å². The van der Waals surface area contributed by atoms with Crippen molar-refractivity contribution in [3.05, 3.63) is 69.2 Å². The SMILES string of the molecule is Cc1ccc(-n2cccn2)c(CN2CCc3sc(C(=O)O)cc3C2)c1. The summed E-state index contributed by atoms with van der Waals surface area (Å²) in [5.74, 6) is -0.828. The minimum Gasteiger partial charge on any atom is -0.477 e. The molecule has 0 spiro atoms. The Kier molecular flexibility index (Phi) is 4.15. The van der Waals surface area contributed by atoms with Crippen molar-refractivity contribution < 1.29 is 9.90 Å². The summed E-state index contributed by atoms with van der Waals surface area (Å²) in [5, 5.41) is 13.6. The van der Waals surface area contributed by atoms with E-state index in [9.17, 15) is 9.90 Å². The maximum Gasteiger partial charge on any atom is 0.345 e. The molecule has 0 aliphatic carbocycles. The van der Waals surface area contributed by atoms with Gasteiger partial charge in [0, 0.05) is 36.9 Å². The van der Waals surface area contributed by atoms with Gasteiger partial charge in [-0.1, -0.05) is 17.7 Å². The molecule has 3 aromatic rings. The Labute approximate surface area is 150 Å². The molecule has 0 saturated carbocycles. The van der Waals surface area contributed by atoms with Crippen molar-refractivity contribution >= 4 is 17.3 Å². The van der Waals surface area contributed by atoms with Crippen LogP contribution in [0.3, 0.4) is 0 Å². The van der Waals surface area contributed by atoms with Crippen LogP contribution in [0.5, 0.6) is 0 Å². The standard InChI is InChI=1S/C19H19N3O2S/c1-13-3-4-16(22-7-2-6-20-22)14(9-13)11-21-8-5-17-15(12-21)10-18(25-17)19(23)24/h2-4,6-7,9-10H,5,8,11-12H2,1H3,(H,23,24). The van der Waals surface area contributed by atoms with Crippen LogP contribution in [-0.2, 0) is 19.5 Å². The highest BCUT2D eigenvalue weighted by Gasteiger charge is 2.22. The molecule has 128 valence electrons. The Balaban J connectivity index is 1.59. The Hall–Kier alpha value is -2.44. The van der Waals surface area contributed by atoms with Crippen molar-refractivity contribution in [2.45, 2.75) is 26.4 Å². The predicted octanol–water partition coefficient (Wildman–Crippen LogP) is 3.50. The topological polar surface area (TPSA) is 58.4 Å². The number of carboxylic acid groups (broad SMARTS) is 1.